The Morgan fingerprint density at radius 3 is 2.34 bits per heavy atom. The lowest BCUT2D eigenvalue weighted by atomic mass is 9.70. The van der Waals surface area contributed by atoms with E-state index in [4.69, 9.17) is 4.74 Å². The van der Waals surface area contributed by atoms with Crippen LogP contribution in [0.3, 0.4) is 0 Å². The quantitative estimate of drug-likeness (QED) is 0.200. The SMILES string of the molecule is CC(C)(C(=O)N1CC2(CN(C(=O)c3cnn(Cc4ccc(F)cc4)c3)C[C@H]2COCc2cccc(-c3ccccc3C(=O)O)c2)C1)C(F)(F)F. The minimum atomic E-state index is -4.72. The number of benzene rings is 3. The summed E-state index contributed by atoms with van der Waals surface area (Å²) in [6.07, 6.45) is -1.68. The summed E-state index contributed by atoms with van der Waals surface area (Å²) in [4.78, 5) is 41.3. The fourth-order valence-corrected chi connectivity index (χ4v) is 6.74. The van der Waals surface area contributed by atoms with Crippen molar-refractivity contribution in [2.45, 2.75) is 33.2 Å². The number of amides is 2. The Hall–Kier alpha value is -5.04. The Bertz CT molecular complexity index is 1900. The molecule has 2 saturated heterocycles. The number of alkyl halides is 3. The van der Waals surface area contributed by atoms with Crippen molar-refractivity contribution in [3.05, 3.63) is 113 Å². The minimum Gasteiger partial charge on any atom is -0.478 e. The van der Waals surface area contributed by atoms with Gasteiger partial charge in [-0.05, 0) is 60.4 Å². The van der Waals surface area contributed by atoms with E-state index in [1.807, 2.05) is 18.2 Å². The maximum atomic E-state index is 13.7. The molecule has 1 aromatic heterocycles. The number of halogens is 4. The van der Waals surface area contributed by atoms with Crippen LogP contribution in [0.4, 0.5) is 17.6 Å². The van der Waals surface area contributed by atoms with E-state index in [0.29, 0.717) is 23.2 Å². The van der Waals surface area contributed by atoms with Crippen LogP contribution in [0.2, 0.25) is 0 Å². The Kier molecular flexibility index (Phi) is 9.29. The highest BCUT2D eigenvalue weighted by Gasteiger charge is 2.61. The van der Waals surface area contributed by atoms with Gasteiger partial charge in [0.1, 0.15) is 11.2 Å². The van der Waals surface area contributed by atoms with E-state index in [1.54, 1.807) is 52.2 Å². The van der Waals surface area contributed by atoms with Gasteiger partial charge in [0.05, 0.1) is 37.1 Å². The summed E-state index contributed by atoms with van der Waals surface area (Å²) in [5.41, 5.74) is 0.121. The number of ether oxygens (including phenoxy) is 1. The van der Waals surface area contributed by atoms with Crippen molar-refractivity contribution in [3.8, 4) is 11.1 Å². The van der Waals surface area contributed by atoms with Gasteiger partial charge in [0.2, 0.25) is 5.91 Å². The van der Waals surface area contributed by atoms with Crippen molar-refractivity contribution in [1.29, 1.82) is 0 Å². The molecular formula is C37H36F4N4O5. The summed E-state index contributed by atoms with van der Waals surface area (Å²) in [7, 11) is 0. The van der Waals surface area contributed by atoms with Gasteiger partial charge in [0, 0.05) is 43.7 Å². The average molecular weight is 693 g/mol. The van der Waals surface area contributed by atoms with Crippen LogP contribution < -0.4 is 0 Å². The number of hydrogen-bond donors (Lipinski definition) is 1. The summed E-state index contributed by atoms with van der Waals surface area (Å²) in [5, 5.41) is 13.9. The molecule has 9 nitrogen and oxygen atoms in total. The predicted octanol–water partition coefficient (Wildman–Crippen LogP) is 6.14. The van der Waals surface area contributed by atoms with Crippen LogP contribution in [0.5, 0.6) is 0 Å². The lowest BCUT2D eigenvalue weighted by Gasteiger charge is -2.52. The number of carbonyl (C=O) groups excluding carboxylic acids is 2. The topological polar surface area (TPSA) is 105 Å². The number of nitrogens with zero attached hydrogens (tertiary/aromatic N) is 4. The zero-order chi connectivity index (χ0) is 35.8. The Balaban J connectivity index is 1.16. The van der Waals surface area contributed by atoms with Gasteiger partial charge in [-0.25, -0.2) is 9.18 Å². The van der Waals surface area contributed by atoms with Crippen LogP contribution in [0, 0.1) is 22.6 Å². The second-order valence-corrected chi connectivity index (χ2v) is 13.6. The van der Waals surface area contributed by atoms with Crippen LogP contribution in [0.1, 0.15) is 45.7 Å². The Morgan fingerprint density at radius 1 is 0.940 bits per heavy atom. The first-order valence-corrected chi connectivity index (χ1v) is 16.1. The van der Waals surface area contributed by atoms with E-state index in [-0.39, 0.29) is 62.6 Å². The fraction of sp³-hybridized carbons (Fsp3) is 0.351. The summed E-state index contributed by atoms with van der Waals surface area (Å²) in [5.74, 6) is -3.00. The number of aromatic carboxylic acids is 1. The second-order valence-electron chi connectivity index (χ2n) is 13.6. The van der Waals surface area contributed by atoms with Gasteiger partial charge < -0.3 is 19.6 Å². The molecule has 3 aromatic carbocycles. The molecule has 2 amide bonds. The number of carbonyl (C=O) groups is 3. The lowest BCUT2D eigenvalue weighted by molar-refractivity contribution is -0.223. The third-order valence-electron chi connectivity index (χ3n) is 9.76. The number of likely N-dealkylation sites (tertiary alicyclic amines) is 2. The van der Waals surface area contributed by atoms with Gasteiger partial charge in [-0.1, -0.05) is 48.5 Å². The molecule has 0 unspecified atom stereocenters. The smallest absolute Gasteiger partial charge is 0.402 e. The van der Waals surface area contributed by atoms with Gasteiger partial charge in [-0.2, -0.15) is 18.3 Å². The van der Waals surface area contributed by atoms with E-state index in [0.717, 1.165) is 25.0 Å². The zero-order valence-electron chi connectivity index (χ0n) is 27.5. The van der Waals surface area contributed by atoms with Crippen molar-refractivity contribution in [2.75, 3.05) is 32.8 Å². The standard InChI is InChI=1S/C37H36F4N4O5/c1-35(2,37(39,40)41)34(49)44-22-36(23-44)21-43(32(46)27-15-42-45(17-27)16-24-10-12-29(38)13-11-24)18-28(36)20-50-19-25-6-5-7-26(14-25)30-8-3-4-9-31(30)33(47)48/h3-15,17,28H,16,18-23H2,1-2H3,(H,47,48)/t28-/m0/s1. The lowest BCUT2D eigenvalue weighted by Crippen LogP contribution is -2.66. The number of carboxylic acid groups (broad SMARTS) is 1. The number of hydrogen-bond acceptors (Lipinski definition) is 5. The van der Waals surface area contributed by atoms with Crippen molar-refractivity contribution in [3.63, 3.8) is 0 Å². The zero-order valence-corrected chi connectivity index (χ0v) is 27.5. The largest absolute Gasteiger partial charge is 0.478 e. The van der Waals surface area contributed by atoms with Gasteiger partial charge >= 0.3 is 12.1 Å². The Labute approximate surface area is 286 Å². The molecule has 0 bridgehead atoms. The van der Waals surface area contributed by atoms with E-state index >= 15 is 0 Å². The van der Waals surface area contributed by atoms with Crippen molar-refractivity contribution in [1.82, 2.24) is 19.6 Å². The fourth-order valence-electron chi connectivity index (χ4n) is 6.74. The van der Waals surface area contributed by atoms with Gasteiger partial charge in [-0.15, -0.1) is 0 Å². The number of rotatable bonds is 10. The molecule has 1 N–H and O–H groups in total. The van der Waals surface area contributed by atoms with Gasteiger partial charge in [0.25, 0.3) is 5.91 Å². The van der Waals surface area contributed by atoms with Crippen LogP contribution >= 0.6 is 0 Å². The molecule has 262 valence electrons. The van der Waals surface area contributed by atoms with Crippen molar-refractivity contribution >= 4 is 17.8 Å². The molecule has 2 aliphatic rings. The normalized spacial score (nSPS) is 17.2. The maximum Gasteiger partial charge on any atom is 0.402 e. The van der Waals surface area contributed by atoms with Gasteiger partial charge in [-0.3, -0.25) is 14.3 Å². The van der Waals surface area contributed by atoms with E-state index in [9.17, 15) is 37.1 Å². The van der Waals surface area contributed by atoms with Crippen LogP contribution in [-0.4, -0.2) is 81.4 Å². The van der Waals surface area contributed by atoms with E-state index in [2.05, 4.69) is 5.10 Å². The average Bonchev–Trinajstić information content (AvgIpc) is 3.69. The second kappa shape index (κ2) is 13.3. The van der Waals surface area contributed by atoms with Crippen LogP contribution in [0.25, 0.3) is 11.1 Å². The first-order chi connectivity index (χ1) is 23.7. The molecule has 13 heteroatoms. The molecule has 6 rings (SSSR count). The monoisotopic (exact) mass is 692 g/mol. The summed E-state index contributed by atoms with van der Waals surface area (Å²) in [6.45, 7) is 3.00. The summed E-state index contributed by atoms with van der Waals surface area (Å²) >= 11 is 0. The molecule has 2 fully saturated rings. The molecule has 50 heavy (non-hydrogen) atoms. The molecular weight excluding hydrogens is 656 g/mol. The predicted molar refractivity (Wildman–Crippen MR) is 174 cm³/mol. The summed E-state index contributed by atoms with van der Waals surface area (Å²) in [6, 6.07) is 19.9. The van der Waals surface area contributed by atoms with Gasteiger partial charge in [0.15, 0.2) is 0 Å². The number of aromatic nitrogens is 2. The minimum absolute atomic E-state index is 0.0500. The first-order valence-electron chi connectivity index (χ1n) is 16.1. The van der Waals surface area contributed by atoms with Crippen molar-refractivity contribution in [2.24, 2.45) is 16.7 Å². The first kappa shape index (κ1) is 34.8. The highest BCUT2D eigenvalue weighted by Crippen LogP contribution is 2.48. The van der Waals surface area contributed by atoms with Crippen LogP contribution in [0.15, 0.2) is 85.2 Å². The molecule has 2 aliphatic heterocycles. The van der Waals surface area contributed by atoms with Crippen LogP contribution in [-0.2, 0) is 22.7 Å². The maximum absolute atomic E-state index is 13.7. The highest BCUT2D eigenvalue weighted by atomic mass is 19.4. The van der Waals surface area contributed by atoms with E-state index < -0.39 is 28.9 Å². The Morgan fingerprint density at radius 2 is 1.64 bits per heavy atom. The summed E-state index contributed by atoms with van der Waals surface area (Å²) < 4.78 is 62.2. The molecule has 3 heterocycles. The van der Waals surface area contributed by atoms with E-state index in [1.165, 1.54) is 29.3 Å². The molecule has 1 atom stereocenters. The molecule has 1 spiro atoms. The third-order valence-corrected chi connectivity index (χ3v) is 9.76. The third kappa shape index (κ3) is 6.87. The van der Waals surface area contributed by atoms with Crippen molar-refractivity contribution < 1.29 is 41.8 Å². The molecule has 0 radical (unpaired) electrons. The molecule has 0 aliphatic carbocycles. The molecule has 4 aromatic rings. The molecule has 0 saturated carbocycles. The highest BCUT2D eigenvalue weighted by molar-refractivity contribution is 5.96. The number of carboxylic acids is 1.